The van der Waals surface area contributed by atoms with Crippen molar-refractivity contribution in [2.24, 2.45) is 5.92 Å². The zero-order chi connectivity index (χ0) is 18.4. The van der Waals surface area contributed by atoms with E-state index in [1.54, 1.807) is 13.8 Å². The number of nitro benzene ring substituents is 1. The van der Waals surface area contributed by atoms with Gasteiger partial charge in [0.2, 0.25) is 5.91 Å². The molecule has 130 valence electrons. The van der Waals surface area contributed by atoms with Gasteiger partial charge in [-0.05, 0) is 18.9 Å². The van der Waals surface area contributed by atoms with Gasteiger partial charge in [-0.3, -0.25) is 19.7 Å². The summed E-state index contributed by atoms with van der Waals surface area (Å²) >= 11 is 0. The first kappa shape index (κ1) is 19.1. The molecule has 1 aromatic rings. The number of amides is 2. The molecule has 1 unspecified atom stereocenters. The van der Waals surface area contributed by atoms with Crippen LogP contribution >= 0.6 is 0 Å². The Hall–Kier alpha value is -2.97. The molecule has 0 aliphatic rings. The van der Waals surface area contributed by atoms with Crippen molar-refractivity contribution in [2.75, 3.05) is 0 Å². The minimum Gasteiger partial charge on any atom is -0.480 e. The van der Waals surface area contributed by atoms with Crippen LogP contribution in [0.5, 0.6) is 0 Å². The molecule has 2 atom stereocenters. The number of hydrogen-bond acceptors (Lipinski definition) is 5. The van der Waals surface area contributed by atoms with Crippen LogP contribution in [0.4, 0.5) is 5.69 Å². The second-order valence-corrected chi connectivity index (χ2v) is 5.57. The first-order valence-electron chi connectivity index (χ1n) is 7.22. The average molecular weight is 337 g/mol. The second kappa shape index (κ2) is 8.04. The number of aliphatic carboxylic acids is 1. The van der Waals surface area contributed by atoms with E-state index in [0.29, 0.717) is 0 Å². The van der Waals surface area contributed by atoms with Crippen molar-refractivity contribution in [1.29, 1.82) is 0 Å². The topological polar surface area (TPSA) is 139 Å². The number of rotatable bonds is 7. The first-order valence-corrected chi connectivity index (χ1v) is 7.22. The van der Waals surface area contributed by atoms with Gasteiger partial charge in [-0.1, -0.05) is 19.9 Å². The first-order chi connectivity index (χ1) is 11.1. The van der Waals surface area contributed by atoms with Gasteiger partial charge in [0.15, 0.2) is 0 Å². The summed E-state index contributed by atoms with van der Waals surface area (Å²) < 4.78 is 0. The molecule has 0 radical (unpaired) electrons. The fourth-order valence-corrected chi connectivity index (χ4v) is 1.90. The zero-order valence-electron chi connectivity index (χ0n) is 13.5. The van der Waals surface area contributed by atoms with Gasteiger partial charge in [0.05, 0.1) is 4.92 Å². The lowest BCUT2D eigenvalue weighted by atomic mass is 10.0. The van der Waals surface area contributed by atoms with Crippen molar-refractivity contribution in [3.63, 3.8) is 0 Å². The molecule has 9 nitrogen and oxygen atoms in total. The molecule has 0 bridgehead atoms. The summed E-state index contributed by atoms with van der Waals surface area (Å²) in [4.78, 5) is 45.2. The van der Waals surface area contributed by atoms with Crippen LogP contribution in [0.3, 0.4) is 0 Å². The molecule has 0 aliphatic carbocycles. The maximum absolute atomic E-state index is 12.1. The summed E-state index contributed by atoms with van der Waals surface area (Å²) in [7, 11) is 0. The Labute approximate surface area is 138 Å². The summed E-state index contributed by atoms with van der Waals surface area (Å²) in [5.41, 5.74) is -0.215. The third-order valence-corrected chi connectivity index (χ3v) is 3.29. The molecule has 0 saturated carbocycles. The van der Waals surface area contributed by atoms with Crippen molar-refractivity contribution in [1.82, 2.24) is 10.6 Å². The fraction of sp³-hybridized carbons (Fsp3) is 0.400. The number of carbonyl (C=O) groups excluding carboxylic acids is 2. The van der Waals surface area contributed by atoms with E-state index in [2.05, 4.69) is 10.6 Å². The van der Waals surface area contributed by atoms with E-state index in [4.69, 9.17) is 5.11 Å². The van der Waals surface area contributed by atoms with Crippen LogP contribution in [-0.4, -0.2) is 39.9 Å². The average Bonchev–Trinajstić information content (AvgIpc) is 2.51. The lowest BCUT2D eigenvalue weighted by molar-refractivity contribution is -0.384. The van der Waals surface area contributed by atoms with Crippen LogP contribution in [-0.2, 0) is 9.59 Å². The largest absolute Gasteiger partial charge is 0.480 e. The van der Waals surface area contributed by atoms with Crippen LogP contribution in [0.15, 0.2) is 24.3 Å². The number of nitrogens with one attached hydrogen (secondary N) is 2. The number of non-ortho nitro benzene ring substituents is 1. The fourth-order valence-electron chi connectivity index (χ4n) is 1.90. The number of nitro groups is 1. The summed E-state index contributed by atoms with van der Waals surface area (Å²) in [6.07, 6.45) is 0. The van der Waals surface area contributed by atoms with E-state index in [0.717, 1.165) is 6.07 Å². The number of benzene rings is 1. The summed E-state index contributed by atoms with van der Waals surface area (Å²) in [6, 6.07) is 2.99. The van der Waals surface area contributed by atoms with Crippen LogP contribution < -0.4 is 10.6 Å². The smallest absolute Gasteiger partial charge is 0.326 e. The van der Waals surface area contributed by atoms with Crippen molar-refractivity contribution in [3.8, 4) is 0 Å². The molecular weight excluding hydrogens is 318 g/mol. The molecule has 24 heavy (non-hydrogen) atoms. The Morgan fingerprint density at radius 1 is 1.17 bits per heavy atom. The van der Waals surface area contributed by atoms with Gasteiger partial charge in [-0.25, -0.2) is 4.79 Å². The highest BCUT2D eigenvalue weighted by Gasteiger charge is 2.26. The Morgan fingerprint density at radius 3 is 2.29 bits per heavy atom. The zero-order valence-corrected chi connectivity index (χ0v) is 13.5. The van der Waals surface area contributed by atoms with Crippen LogP contribution in [0, 0.1) is 16.0 Å². The third-order valence-electron chi connectivity index (χ3n) is 3.29. The van der Waals surface area contributed by atoms with Crippen molar-refractivity contribution in [3.05, 3.63) is 39.9 Å². The molecule has 0 saturated heterocycles. The van der Waals surface area contributed by atoms with E-state index < -0.39 is 34.8 Å². The Morgan fingerprint density at radius 2 is 1.79 bits per heavy atom. The summed E-state index contributed by atoms with van der Waals surface area (Å²) in [5, 5.41) is 24.5. The predicted octanol–water partition coefficient (Wildman–Crippen LogP) is 0.938. The van der Waals surface area contributed by atoms with Crippen molar-refractivity contribution < 1.29 is 24.4 Å². The molecule has 0 spiro atoms. The predicted molar refractivity (Wildman–Crippen MR) is 84.4 cm³/mol. The molecule has 0 heterocycles. The molecule has 9 heteroatoms. The minimum atomic E-state index is -1.17. The highest BCUT2D eigenvalue weighted by atomic mass is 16.6. The lowest BCUT2D eigenvalue weighted by Gasteiger charge is -2.21. The number of nitrogens with zero attached hydrogens (tertiary/aromatic N) is 1. The highest BCUT2D eigenvalue weighted by molar-refractivity contribution is 5.98. The van der Waals surface area contributed by atoms with Gasteiger partial charge in [-0.2, -0.15) is 0 Å². The van der Waals surface area contributed by atoms with Crippen molar-refractivity contribution in [2.45, 2.75) is 32.9 Å². The molecule has 3 N–H and O–H groups in total. The van der Waals surface area contributed by atoms with Crippen LogP contribution in [0.2, 0.25) is 0 Å². The Bertz CT molecular complexity index is 658. The Balaban J connectivity index is 2.76. The molecule has 2 amide bonds. The Kier molecular flexibility index (Phi) is 6.39. The third kappa shape index (κ3) is 5.04. The normalized spacial score (nSPS) is 13.0. The molecule has 0 aromatic heterocycles. The minimum absolute atomic E-state index is 0.0301. The van der Waals surface area contributed by atoms with Gasteiger partial charge in [0.1, 0.15) is 12.1 Å². The second-order valence-electron chi connectivity index (χ2n) is 5.57. The van der Waals surface area contributed by atoms with Gasteiger partial charge in [0, 0.05) is 17.7 Å². The van der Waals surface area contributed by atoms with Crippen LogP contribution in [0.1, 0.15) is 31.1 Å². The summed E-state index contributed by atoms with van der Waals surface area (Å²) in [6.45, 7) is 4.68. The standard InChI is InChI=1S/C15H19N3O6/c1-8(2)12(15(21)22)17-13(19)9(3)16-14(20)10-5-4-6-11(7-10)18(23)24/h4-9,12H,1-3H3,(H,16,20)(H,17,19)(H,21,22)/t9?,12-/m1/s1. The maximum Gasteiger partial charge on any atom is 0.326 e. The van der Waals surface area contributed by atoms with E-state index >= 15 is 0 Å². The quantitative estimate of drug-likeness (QED) is 0.500. The summed E-state index contributed by atoms with van der Waals surface area (Å²) in [5.74, 6) is -2.82. The monoisotopic (exact) mass is 337 g/mol. The van der Waals surface area contributed by atoms with E-state index in [1.165, 1.54) is 25.1 Å². The number of hydrogen-bond donors (Lipinski definition) is 3. The van der Waals surface area contributed by atoms with E-state index in [9.17, 15) is 24.5 Å². The van der Waals surface area contributed by atoms with Crippen molar-refractivity contribution >= 4 is 23.5 Å². The number of carboxylic acid groups (broad SMARTS) is 1. The van der Waals surface area contributed by atoms with Gasteiger partial charge < -0.3 is 15.7 Å². The maximum atomic E-state index is 12.1. The van der Waals surface area contributed by atoms with E-state index in [-0.39, 0.29) is 17.2 Å². The van der Waals surface area contributed by atoms with Gasteiger partial charge >= 0.3 is 5.97 Å². The molecular formula is C15H19N3O6. The number of carboxylic acids is 1. The molecule has 1 rings (SSSR count). The number of carbonyl (C=O) groups is 3. The highest BCUT2D eigenvalue weighted by Crippen LogP contribution is 2.13. The van der Waals surface area contributed by atoms with Gasteiger partial charge in [0.25, 0.3) is 11.6 Å². The molecule has 1 aromatic carbocycles. The SMILES string of the molecule is CC(NC(=O)c1cccc([N+](=O)[O-])c1)C(=O)N[C@@H](C(=O)O)C(C)C. The molecule has 0 aliphatic heterocycles. The lowest BCUT2D eigenvalue weighted by Crippen LogP contribution is -2.52. The molecule has 0 fully saturated rings. The van der Waals surface area contributed by atoms with E-state index in [1.807, 2.05) is 0 Å². The van der Waals surface area contributed by atoms with Crippen LogP contribution in [0.25, 0.3) is 0 Å². The van der Waals surface area contributed by atoms with Gasteiger partial charge in [-0.15, -0.1) is 0 Å².